The Balaban J connectivity index is 2.62. The van der Waals surface area contributed by atoms with Crippen molar-refractivity contribution in [1.82, 2.24) is 5.32 Å². The Hall–Kier alpha value is -0.640. The van der Waals surface area contributed by atoms with E-state index >= 15 is 0 Å². The monoisotopic (exact) mass is 217 g/mol. The Labute approximate surface area is 87.7 Å². The smallest absolute Gasteiger partial charge is 0.123 e. The molecule has 0 fully saturated rings. The molecule has 0 saturated heterocycles. The van der Waals surface area contributed by atoms with Gasteiger partial charge in [0.05, 0.1) is 6.61 Å². The second kappa shape index (κ2) is 5.29. The number of halogens is 2. The van der Waals surface area contributed by atoms with Gasteiger partial charge in [-0.3, -0.25) is 0 Å². The number of nitrogens with one attached hydrogen (secondary N) is 1. The van der Waals surface area contributed by atoms with Crippen molar-refractivity contribution in [3.63, 3.8) is 0 Å². The van der Waals surface area contributed by atoms with Gasteiger partial charge in [-0.15, -0.1) is 0 Å². The standard InChI is InChI=1S/C10H13ClFNO/c1-7(6-14)13-5-8-4-9(12)2-3-10(8)11/h2-4,7,13-14H,5-6H2,1H3. The van der Waals surface area contributed by atoms with Crippen LogP contribution in [0.1, 0.15) is 12.5 Å². The molecule has 0 bridgehead atoms. The van der Waals surface area contributed by atoms with Crippen LogP contribution >= 0.6 is 11.6 Å². The zero-order valence-electron chi connectivity index (χ0n) is 7.93. The van der Waals surface area contributed by atoms with Gasteiger partial charge in [-0.25, -0.2) is 4.39 Å². The molecule has 2 nitrogen and oxygen atoms in total. The molecule has 14 heavy (non-hydrogen) atoms. The molecule has 78 valence electrons. The van der Waals surface area contributed by atoms with Crippen LogP contribution in [-0.4, -0.2) is 17.8 Å². The van der Waals surface area contributed by atoms with Gasteiger partial charge in [0.15, 0.2) is 0 Å². The summed E-state index contributed by atoms with van der Waals surface area (Å²) in [4.78, 5) is 0. The van der Waals surface area contributed by atoms with Crippen molar-refractivity contribution in [2.75, 3.05) is 6.61 Å². The normalized spacial score (nSPS) is 12.9. The molecule has 0 amide bonds. The average Bonchev–Trinajstić information content (AvgIpc) is 2.19. The molecule has 4 heteroatoms. The van der Waals surface area contributed by atoms with Crippen LogP contribution < -0.4 is 5.32 Å². The van der Waals surface area contributed by atoms with E-state index in [9.17, 15) is 4.39 Å². The fraction of sp³-hybridized carbons (Fsp3) is 0.400. The topological polar surface area (TPSA) is 32.3 Å². The zero-order valence-corrected chi connectivity index (χ0v) is 8.68. The van der Waals surface area contributed by atoms with Gasteiger partial charge in [0.25, 0.3) is 0 Å². The zero-order chi connectivity index (χ0) is 10.6. The summed E-state index contributed by atoms with van der Waals surface area (Å²) in [5.41, 5.74) is 0.701. The van der Waals surface area contributed by atoms with Crippen LogP contribution in [0.2, 0.25) is 5.02 Å². The van der Waals surface area contributed by atoms with E-state index in [4.69, 9.17) is 16.7 Å². The highest BCUT2D eigenvalue weighted by Crippen LogP contribution is 2.16. The minimum atomic E-state index is -0.303. The predicted molar refractivity (Wildman–Crippen MR) is 54.8 cm³/mol. The van der Waals surface area contributed by atoms with Gasteiger partial charge in [-0.1, -0.05) is 11.6 Å². The third-order valence-electron chi connectivity index (χ3n) is 1.92. The molecule has 2 N–H and O–H groups in total. The summed E-state index contributed by atoms with van der Waals surface area (Å²) in [6.45, 7) is 2.35. The molecule has 1 atom stereocenters. The Bertz CT molecular complexity index is 306. The fourth-order valence-electron chi connectivity index (χ4n) is 1.03. The van der Waals surface area contributed by atoms with Gasteiger partial charge in [0.1, 0.15) is 5.82 Å². The van der Waals surface area contributed by atoms with E-state index < -0.39 is 0 Å². The molecule has 0 aliphatic heterocycles. The number of hydrogen-bond donors (Lipinski definition) is 2. The summed E-state index contributed by atoms with van der Waals surface area (Å²) < 4.78 is 12.8. The summed E-state index contributed by atoms with van der Waals surface area (Å²) in [6.07, 6.45) is 0. The van der Waals surface area contributed by atoms with Gasteiger partial charge in [0, 0.05) is 17.6 Å². The highest BCUT2D eigenvalue weighted by Gasteiger charge is 2.04. The molecule has 0 saturated carbocycles. The van der Waals surface area contributed by atoms with Crippen LogP contribution in [-0.2, 0) is 6.54 Å². The molecule has 0 aliphatic carbocycles. The highest BCUT2D eigenvalue weighted by molar-refractivity contribution is 6.31. The van der Waals surface area contributed by atoms with Gasteiger partial charge in [-0.2, -0.15) is 0 Å². The second-order valence-electron chi connectivity index (χ2n) is 3.20. The Morgan fingerprint density at radius 1 is 1.57 bits per heavy atom. The van der Waals surface area contributed by atoms with Crippen molar-refractivity contribution in [3.05, 3.63) is 34.6 Å². The van der Waals surface area contributed by atoms with Crippen LogP contribution in [0, 0.1) is 5.82 Å². The van der Waals surface area contributed by atoms with Crippen LogP contribution in [0.5, 0.6) is 0 Å². The third-order valence-corrected chi connectivity index (χ3v) is 2.29. The summed E-state index contributed by atoms with van der Waals surface area (Å²) >= 11 is 5.85. The van der Waals surface area contributed by atoms with Crippen LogP contribution in [0.3, 0.4) is 0 Å². The summed E-state index contributed by atoms with van der Waals surface area (Å²) in [6, 6.07) is 4.22. The van der Waals surface area contributed by atoms with Gasteiger partial charge in [0.2, 0.25) is 0 Å². The number of benzene rings is 1. The first-order valence-electron chi connectivity index (χ1n) is 4.41. The Morgan fingerprint density at radius 3 is 2.93 bits per heavy atom. The number of aliphatic hydroxyl groups is 1. The predicted octanol–water partition coefficient (Wildman–Crippen LogP) is 1.95. The lowest BCUT2D eigenvalue weighted by Crippen LogP contribution is -2.28. The highest BCUT2D eigenvalue weighted by atomic mass is 35.5. The maximum atomic E-state index is 12.8. The van der Waals surface area contributed by atoms with Crippen molar-refractivity contribution in [1.29, 1.82) is 0 Å². The molecular formula is C10H13ClFNO. The molecule has 0 spiro atoms. The number of aliphatic hydroxyl groups excluding tert-OH is 1. The van der Waals surface area contributed by atoms with Crippen LogP contribution in [0.25, 0.3) is 0 Å². The fourth-order valence-corrected chi connectivity index (χ4v) is 1.21. The molecule has 1 aromatic carbocycles. The van der Waals surface area contributed by atoms with Crippen molar-refractivity contribution >= 4 is 11.6 Å². The average molecular weight is 218 g/mol. The van der Waals surface area contributed by atoms with Crippen LogP contribution in [0.4, 0.5) is 4.39 Å². The Kier molecular flexibility index (Phi) is 4.32. The quantitative estimate of drug-likeness (QED) is 0.808. The van der Waals surface area contributed by atoms with Crippen molar-refractivity contribution in [3.8, 4) is 0 Å². The summed E-state index contributed by atoms with van der Waals surface area (Å²) in [5, 5.41) is 12.3. The maximum Gasteiger partial charge on any atom is 0.123 e. The van der Waals surface area contributed by atoms with E-state index in [1.54, 1.807) is 0 Å². The lowest BCUT2D eigenvalue weighted by molar-refractivity contribution is 0.251. The second-order valence-corrected chi connectivity index (χ2v) is 3.61. The van der Waals surface area contributed by atoms with E-state index in [1.807, 2.05) is 6.92 Å². The van der Waals surface area contributed by atoms with E-state index in [0.717, 1.165) is 0 Å². The molecule has 1 unspecified atom stereocenters. The van der Waals surface area contributed by atoms with Gasteiger partial charge >= 0.3 is 0 Å². The van der Waals surface area contributed by atoms with Crippen molar-refractivity contribution < 1.29 is 9.50 Å². The Morgan fingerprint density at radius 2 is 2.29 bits per heavy atom. The lowest BCUT2D eigenvalue weighted by atomic mass is 10.2. The molecule has 0 aliphatic rings. The molecule has 1 aromatic rings. The third kappa shape index (κ3) is 3.25. The molecule has 0 aromatic heterocycles. The minimum absolute atomic E-state index is 0.0191. The molecule has 1 rings (SSSR count). The molecular weight excluding hydrogens is 205 g/mol. The van der Waals surface area contributed by atoms with E-state index in [-0.39, 0.29) is 18.5 Å². The van der Waals surface area contributed by atoms with E-state index in [2.05, 4.69) is 5.32 Å². The number of rotatable bonds is 4. The SMILES string of the molecule is CC(CO)NCc1cc(F)ccc1Cl. The minimum Gasteiger partial charge on any atom is -0.395 e. The molecule has 0 radical (unpaired) electrons. The first-order valence-corrected chi connectivity index (χ1v) is 4.79. The van der Waals surface area contributed by atoms with Crippen molar-refractivity contribution in [2.45, 2.75) is 19.5 Å². The lowest BCUT2D eigenvalue weighted by Gasteiger charge is -2.11. The first kappa shape index (κ1) is 11.4. The van der Waals surface area contributed by atoms with E-state index in [1.165, 1.54) is 18.2 Å². The van der Waals surface area contributed by atoms with Crippen LogP contribution in [0.15, 0.2) is 18.2 Å². The van der Waals surface area contributed by atoms with Gasteiger partial charge in [-0.05, 0) is 30.7 Å². The largest absolute Gasteiger partial charge is 0.395 e. The number of hydrogen-bond acceptors (Lipinski definition) is 2. The maximum absolute atomic E-state index is 12.8. The summed E-state index contributed by atoms with van der Waals surface area (Å²) in [7, 11) is 0. The van der Waals surface area contributed by atoms with E-state index in [0.29, 0.717) is 17.1 Å². The van der Waals surface area contributed by atoms with Gasteiger partial charge < -0.3 is 10.4 Å². The van der Waals surface area contributed by atoms with Crippen molar-refractivity contribution in [2.24, 2.45) is 0 Å². The molecule has 0 heterocycles. The summed E-state index contributed by atoms with van der Waals surface area (Å²) in [5.74, 6) is -0.303. The first-order chi connectivity index (χ1) is 6.63.